The molecule has 1 aliphatic rings. The number of rotatable bonds is 4. The third kappa shape index (κ3) is 6.36. The Kier molecular flexibility index (Phi) is 6.09. The van der Waals surface area contributed by atoms with Gasteiger partial charge in [0.1, 0.15) is 5.60 Å². The highest BCUT2D eigenvalue weighted by Gasteiger charge is 2.19. The Hall–Kier alpha value is -0.610. The van der Waals surface area contributed by atoms with E-state index in [1.54, 1.807) is 0 Å². The Bertz CT molecular complexity index is 261. The molecule has 0 bridgehead atoms. The number of ether oxygens (including phenoxy) is 1. The predicted octanol–water partition coefficient (Wildman–Crippen LogP) is 1.79. The van der Waals surface area contributed by atoms with E-state index in [1.807, 2.05) is 20.8 Å². The quantitative estimate of drug-likeness (QED) is 0.779. The van der Waals surface area contributed by atoms with Gasteiger partial charge in [0.15, 0.2) is 0 Å². The molecule has 1 N–H and O–H groups in total. The zero-order chi connectivity index (χ0) is 13.6. The molecule has 1 atom stereocenters. The van der Waals surface area contributed by atoms with E-state index in [1.165, 1.54) is 13.0 Å². The number of carbonyl (C=O) groups excluding carboxylic acids is 1. The second kappa shape index (κ2) is 7.10. The normalized spacial score (nSPS) is 22.6. The molecule has 1 heterocycles. The number of carbonyl (C=O) groups is 1. The van der Waals surface area contributed by atoms with Crippen molar-refractivity contribution in [2.45, 2.75) is 58.6 Å². The molecule has 0 aliphatic carbocycles. The second-order valence-electron chi connectivity index (χ2n) is 6.03. The molecule has 1 fully saturated rings. The minimum atomic E-state index is -0.388. The first kappa shape index (κ1) is 15.4. The summed E-state index contributed by atoms with van der Waals surface area (Å²) >= 11 is 0. The topological polar surface area (TPSA) is 41.6 Å². The first-order valence-corrected chi connectivity index (χ1v) is 7.08. The van der Waals surface area contributed by atoms with Crippen LogP contribution < -0.4 is 5.32 Å². The molecule has 0 spiro atoms. The van der Waals surface area contributed by atoms with Gasteiger partial charge < -0.3 is 15.0 Å². The molecular weight excluding hydrogens is 228 g/mol. The number of nitrogens with zero attached hydrogens (tertiary/aromatic N) is 1. The van der Waals surface area contributed by atoms with Gasteiger partial charge in [-0.05, 0) is 59.7 Å². The lowest BCUT2D eigenvalue weighted by molar-refractivity contribution is -0.153. The molecule has 0 aromatic heterocycles. The summed E-state index contributed by atoms with van der Waals surface area (Å²) in [5, 5.41) is 3.33. The number of esters is 1. The smallest absolute Gasteiger partial charge is 0.320 e. The van der Waals surface area contributed by atoms with Crippen molar-refractivity contribution in [1.29, 1.82) is 0 Å². The van der Waals surface area contributed by atoms with Gasteiger partial charge in [-0.25, -0.2) is 0 Å². The predicted molar refractivity (Wildman–Crippen MR) is 73.6 cm³/mol. The fourth-order valence-corrected chi connectivity index (χ4v) is 2.28. The van der Waals surface area contributed by atoms with E-state index < -0.39 is 0 Å². The Balaban J connectivity index is 2.25. The average Bonchev–Trinajstić information content (AvgIpc) is 2.49. The van der Waals surface area contributed by atoms with Gasteiger partial charge in [-0.2, -0.15) is 0 Å². The van der Waals surface area contributed by atoms with Crippen LogP contribution in [0.5, 0.6) is 0 Å². The molecule has 1 unspecified atom stereocenters. The van der Waals surface area contributed by atoms with Gasteiger partial charge in [0, 0.05) is 6.04 Å². The van der Waals surface area contributed by atoms with Crippen LogP contribution in [0.15, 0.2) is 0 Å². The molecule has 0 radical (unpaired) electrons. The fourth-order valence-electron chi connectivity index (χ4n) is 2.28. The van der Waals surface area contributed by atoms with Gasteiger partial charge >= 0.3 is 5.97 Å². The van der Waals surface area contributed by atoms with Crippen molar-refractivity contribution >= 4 is 5.97 Å². The van der Waals surface area contributed by atoms with Crippen LogP contribution in [0.4, 0.5) is 0 Å². The highest BCUT2D eigenvalue weighted by atomic mass is 16.6. The molecule has 4 nitrogen and oxygen atoms in total. The molecular formula is C14H28N2O2. The van der Waals surface area contributed by atoms with Crippen molar-refractivity contribution in [2.75, 3.05) is 26.2 Å². The lowest BCUT2D eigenvalue weighted by Crippen LogP contribution is -2.37. The van der Waals surface area contributed by atoms with E-state index in [-0.39, 0.29) is 11.6 Å². The van der Waals surface area contributed by atoms with Crippen LogP contribution in [0, 0.1) is 0 Å². The van der Waals surface area contributed by atoms with Crippen LogP contribution in [0.1, 0.15) is 47.0 Å². The highest BCUT2D eigenvalue weighted by Crippen LogP contribution is 2.11. The minimum Gasteiger partial charge on any atom is -0.459 e. The first-order chi connectivity index (χ1) is 8.40. The Labute approximate surface area is 111 Å². The Morgan fingerprint density at radius 3 is 2.67 bits per heavy atom. The molecule has 0 saturated carbocycles. The fraction of sp³-hybridized carbons (Fsp3) is 0.929. The molecule has 18 heavy (non-hydrogen) atoms. The van der Waals surface area contributed by atoms with Crippen molar-refractivity contribution in [3.8, 4) is 0 Å². The van der Waals surface area contributed by atoms with Crippen LogP contribution in [0.2, 0.25) is 0 Å². The number of hydrogen-bond donors (Lipinski definition) is 1. The van der Waals surface area contributed by atoms with Gasteiger partial charge in [-0.3, -0.25) is 4.79 Å². The summed E-state index contributed by atoms with van der Waals surface area (Å²) < 4.78 is 5.29. The minimum absolute atomic E-state index is 0.154. The monoisotopic (exact) mass is 256 g/mol. The van der Waals surface area contributed by atoms with E-state index in [4.69, 9.17) is 4.74 Å². The molecule has 4 heteroatoms. The number of likely N-dealkylation sites (tertiary alicyclic amines) is 1. The molecule has 1 aliphatic heterocycles. The summed E-state index contributed by atoms with van der Waals surface area (Å²) in [4.78, 5) is 14.1. The Morgan fingerprint density at radius 2 is 2.06 bits per heavy atom. The molecule has 0 aromatic rings. The Morgan fingerprint density at radius 1 is 1.33 bits per heavy atom. The van der Waals surface area contributed by atoms with Crippen LogP contribution in [0.25, 0.3) is 0 Å². The van der Waals surface area contributed by atoms with Gasteiger partial charge in [-0.15, -0.1) is 0 Å². The van der Waals surface area contributed by atoms with Crippen molar-refractivity contribution in [3.63, 3.8) is 0 Å². The maximum Gasteiger partial charge on any atom is 0.320 e. The maximum atomic E-state index is 11.6. The van der Waals surface area contributed by atoms with E-state index in [0.717, 1.165) is 25.9 Å². The van der Waals surface area contributed by atoms with Crippen LogP contribution in [0.3, 0.4) is 0 Å². The third-order valence-electron chi connectivity index (χ3n) is 3.22. The van der Waals surface area contributed by atoms with E-state index in [0.29, 0.717) is 12.6 Å². The maximum absolute atomic E-state index is 11.6. The summed E-state index contributed by atoms with van der Waals surface area (Å²) in [7, 11) is 0. The van der Waals surface area contributed by atoms with Gasteiger partial charge in [0.25, 0.3) is 0 Å². The average molecular weight is 256 g/mol. The molecule has 0 aromatic carbocycles. The SMILES string of the molecule is CCN1CCCC(NCC(=O)OC(C)(C)C)CC1. The number of hydrogen-bond acceptors (Lipinski definition) is 4. The molecule has 1 saturated heterocycles. The van der Waals surface area contributed by atoms with Crippen LogP contribution >= 0.6 is 0 Å². The zero-order valence-electron chi connectivity index (χ0n) is 12.3. The van der Waals surface area contributed by atoms with Crippen molar-refractivity contribution in [1.82, 2.24) is 10.2 Å². The molecule has 106 valence electrons. The highest BCUT2D eigenvalue weighted by molar-refractivity contribution is 5.72. The summed E-state index contributed by atoms with van der Waals surface area (Å²) in [6.07, 6.45) is 3.48. The van der Waals surface area contributed by atoms with Gasteiger partial charge in [0.2, 0.25) is 0 Å². The van der Waals surface area contributed by atoms with Crippen molar-refractivity contribution < 1.29 is 9.53 Å². The lowest BCUT2D eigenvalue weighted by atomic mass is 10.1. The van der Waals surface area contributed by atoms with E-state index in [2.05, 4.69) is 17.1 Å². The van der Waals surface area contributed by atoms with E-state index >= 15 is 0 Å². The summed E-state index contributed by atoms with van der Waals surface area (Å²) in [5.41, 5.74) is -0.388. The largest absolute Gasteiger partial charge is 0.459 e. The summed E-state index contributed by atoms with van der Waals surface area (Å²) in [6.45, 7) is 11.7. The second-order valence-corrected chi connectivity index (χ2v) is 6.03. The van der Waals surface area contributed by atoms with E-state index in [9.17, 15) is 4.79 Å². The lowest BCUT2D eigenvalue weighted by Gasteiger charge is -2.21. The van der Waals surface area contributed by atoms with Crippen molar-refractivity contribution in [3.05, 3.63) is 0 Å². The van der Waals surface area contributed by atoms with Crippen LogP contribution in [-0.2, 0) is 9.53 Å². The molecule has 1 rings (SSSR count). The number of nitrogens with one attached hydrogen (secondary N) is 1. The summed E-state index contributed by atoms with van der Waals surface area (Å²) in [6, 6.07) is 0.453. The molecule has 0 amide bonds. The van der Waals surface area contributed by atoms with Crippen molar-refractivity contribution in [2.24, 2.45) is 0 Å². The van der Waals surface area contributed by atoms with Gasteiger partial charge in [-0.1, -0.05) is 6.92 Å². The zero-order valence-corrected chi connectivity index (χ0v) is 12.3. The van der Waals surface area contributed by atoms with Crippen LogP contribution in [-0.4, -0.2) is 48.7 Å². The first-order valence-electron chi connectivity index (χ1n) is 7.08. The standard InChI is InChI=1S/C14H28N2O2/c1-5-16-9-6-7-12(8-10-16)15-11-13(17)18-14(2,3)4/h12,15H,5-11H2,1-4H3. The third-order valence-corrected chi connectivity index (χ3v) is 3.22. The summed E-state index contributed by atoms with van der Waals surface area (Å²) in [5.74, 6) is -0.154. The van der Waals surface area contributed by atoms with Gasteiger partial charge in [0.05, 0.1) is 6.54 Å².